The highest BCUT2D eigenvalue weighted by atomic mass is 35.5. The number of allylic oxidation sites excluding steroid dienone is 1. The summed E-state index contributed by atoms with van der Waals surface area (Å²) in [5.74, 6) is 0.973. The Morgan fingerprint density at radius 1 is 1.10 bits per heavy atom. The summed E-state index contributed by atoms with van der Waals surface area (Å²) < 4.78 is 0. The molecule has 0 aliphatic carbocycles. The van der Waals surface area contributed by atoms with E-state index in [0.29, 0.717) is 5.02 Å². The van der Waals surface area contributed by atoms with E-state index in [1.54, 1.807) is 0 Å². The zero-order valence-corrected chi connectivity index (χ0v) is 18.2. The molecule has 0 bridgehead atoms. The molecule has 0 saturated carbocycles. The van der Waals surface area contributed by atoms with Gasteiger partial charge in [0.05, 0.1) is 17.1 Å². The van der Waals surface area contributed by atoms with Crippen LogP contribution in [-0.2, 0) is 0 Å². The van der Waals surface area contributed by atoms with E-state index in [1.807, 2.05) is 42.5 Å². The summed E-state index contributed by atoms with van der Waals surface area (Å²) in [5, 5.41) is 4.17. The first-order valence-electron chi connectivity index (χ1n) is 9.97. The van der Waals surface area contributed by atoms with E-state index in [-0.39, 0.29) is 0 Å². The summed E-state index contributed by atoms with van der Waals surface area (Å²) in [6.45, 7) is 15.8. The van der Waals surface area contributed by atoms with Crippen molar-refractivity contribution in [3.63, 3.8) is 0 Å². The molecule has 150 valence electrons. The number of aryl methyl sites for hydroxylation is 1. The van der Waals surface area contributed by atoms with Gasteiger partial charge in [0.25, 0.3) is 0 Å². The number of benzene rings is 2. The summed E-state index contributed by atoms with van der Waals surface area (Å²) in [6, 6.07) is 15.9. The predicted octanol–water partition coefficient (Wildman–Crippen LogP) is 6.84. The molecular formula is C25H28ClN3. The van der Waals surface area contributed by atoms with Crippen molar-refractivity contribution in [1.82, 2.24) is 10.2 Å². The van der Waals surface area contributed by atoms with Crippen LogP contribution in [0.25, 0.3) is 5.70 Å². The number of hydrogen-bond acceptors (Lipinski definition) is 3. The minimum atomic E-state index is 0.675. The average Bonchev–Trinajstić information content (AvgIpc) is 2.92. The van der Waals surface area contributed by atoms with Crippen LogP contribution < -0.4 is 5.32 Å². The lowest BCUT2D eigenvalue weighted by Gasteiger charge is -2.25. The van der Waals surface area contributed by atoms with Crippen molar-refractivity contribution in [2.24, 2.45) is 4.99 Å². The largest absolute Gasteiger partial charge is 0.341 e. The maximum Gasteiger partial charge on any atom is 0.116 e. The first kappa shape index (κ1) is 20.9. The van der Waals surface area contributed by atoms with E-state index < -0.39 is 0 Å². The number of rotatable bonds is 7. The van der Waals surface area contributed by atoms with Gasteiger partial charge in [-0.1, -0.05) is 74.5 Å². The van der Waals surface area contributed by atoms with Crippen LogP contribution in [0.1, 0.15) is 37.8 Å². The van der Waals surface area contributed by atoms with Crippen LogP contribution in [0.15, 0.2) is 83.8 Å². The van der Waals surface area contributed by atoms with Gasteiger partial charge in [-0.25, -0.2) is 4.99 Å². The Morgan fingerprint density at radius 3 is 2.48 bits per heavy atom. The van der Waals surface area contributed by atoms with E-state index in [0.717, 1.165) is 64.7 Å². The predicted molar refractivity (Wildman–Crippen MR) is 125 cm³/mol. The van der Waals surface area contributed by atoms with Crippen LogP contribution in [0.2, 0.25) is 5.02 Å². The lowest BCUT2D eigenvalue weighted by molar-refractivity contribution is 0.424. The van der Waals surface area contributed by atoms with Crippen LogP contribution >= 0.6 is 11.6 Å². The molecule has 0 spiro atoms. The number of nitrogens with zero attached hydrogens (tertiary/aromatic N) is 2. The second-order valence-corrected chi connectivity index (χ2v) is 7.66. The number of para-hydroxylation sites is 1. The highest BCUT2D eigenvalue weighted by Gasteiger charge is 2.30. The first-order valence-corrected chi connectivity index (χ1v) is 10.3. The molecule has 0 saturated heterocycles. The van der Waals surface area contributed by atoms with E-state index in [1.165, 1.54) is 0 Å². The fourth-order valence-electron chi connectivity index (χ4n) is 3.39. The molecule has 2 aromatic rings. The van der Waals surface area contributed by atoms with E-state index >= 15 is 0 Å². The van der Waals surface area contributed by atoms with Gasteiger partial charge in [0.1, 0.15) is 5.82 Å². The molecule has 2 aromatic carbocycles. The van der Waals surface area contributed by atoms with Crippen molar-refractivity contribution in [3.8, 4) is 0 Å². The lowest BCUT2D eigenvalue weighted by Crippen LogP contribution is -2.28. The summed E-state index contributed by atoms with van der Waals surface area (Å²) in [6.07, 6.45) is 2.17. The Morgan fingerprint density at radius 2 is 1.79 bits per heavy atom. The van der Waals surface area contributed by atoms with E-state index in [2.05, 4.69) is 50.2 Å². The number of halogens is 1. The molecule has 0 radical (unpaired) electrons. The van der Waals surface area contributed by atoms with Crippen LogP contribution in [0.3, 0.4) is 0 Å². The molecule has 3 rings (SSSR count). The fraction of sp³-hybridized carbons (Fsp3) is 0.240. The van der Waals surface area contributed by atoms with Crippen LogP contribution in [0.4, 0.5) is 5.69 Å². The average molecular weight is 406 g/mol. The Bertz CT molecular complexity index is 1000. The smallest absolute Gasteiger partial charge is 0.116 e. The summed E-state index contributed by atoms with van der Waals surface area (Å²) >= 11 is 6.37. The Hall–Kier alpha value is -2.78. The van der Waals surface area contributed by atoms with Crippen molar-refractivity contribution in [3.05, 3.63) is 94.9 Å². The van der Waals surface area contributed by atoms with Gasteiger partial charge in [0, 0.05) is 28.4 Å². The monoisotopic (exact) mass is 405 g/mol. The minimum Gasteiger partial charge on any atom is -0.341 e. The van der Waals surface area contributed by atoms with Gasteiger partial charge in [-0.15, -0.1) is 0 Å². The molecule has 0 atom stereocenters. The van der Waals surface area contributed by atoms with Crippen molar-refractivity contribution in [2.75, 3.05) is 6.54 Å². The topological polar surface area (TPSA) is 27.6 Å². The number of aliphatic imine (C=N–C) groups is 1. The molecular weight excluding hydrogens is 378 g/mol. The third kappa shape index (κ3) is 4.46. The SMILES string of the molecule is C=C(NC1=C(C)C(=Nc2ccccc2C)C(=C)N1CCCC)c1ccccc1Cl. The van der Waals surface area contributed by atoms with Crippen molar-refractivity contribution >= 4 is 28.7 Å². The second kappa shape index (κ2) is 9.15. The lowest BCUT2D eigenvalue weighted by atomic mass is 10.1. The molecule has 0 amide bonds. The quantitative estimate of drug-likeness (QED) is 0.545. The van der Waals surface area contributed by atoms with Gasteiger partial charge in [-0.3, -0.25) is 0 Å². The van der Waals surface area contributed by atoms with Gasteiger partial charge in [0.2, 0.25) is 0 Å². The normalized spacial score (nSPS) is 15.4. The molecule has 0 fully saturated rings. The van der Waals surface area contributed by atoms with Crippen molar-refractivity contribution in [2.45, 2.75) is 33.6 Å². The van der Waals surface area contributed by atoms with E-state index in [4.69, 9.17) is 16.6 Å². The third-order valence-corrected chi connectivity index (χ3v) is 5.46. The second-order valence-electron chi connectivity index (χ2n) is 7.26. The molecule has 29 heavy (non-hydrogen) atoms. The molecule has 4 heteroatoms. The third-order valence-electron chi connectivity index (χ3n) is 5.13. The highest BCUT2D eigenvalue weighted by molar-refractivity contribution is 6.32. The fourth-order valence-corrected chi connectivity index (χ4v) is 3.64. The minimum absolute atomic E-state index is 0.675. The molecule has 0 aromatic heterocycles. The maximum absolute atomic E-state index is 6.37. The standard InChI is InChI=1S/C25H28ClN3/c1-6-7-16-29-20(5)24(28-23-15-11-8-12-17(23)2)18(3)25(29)27-19(4)21-13-9-10-14-22(21)26/h8-15,27H,4-7,16H2,1-3H3. The zero-order valence-electron chi connectivity index (χ0n) is 17.4. The van der Waals surface area contributed by atoms with Gasteiger partial charge in [-0.2, -0.15) is 0 Å². The highest BCUT2D eigenvalue weighted by Crippen LogP contribution is 2.32. The Labute approximate surface area is 179 Å². The molecule has 1 heterocycles. The maximum atomic E-state index is 6.37. The molecule has 0 unspecified atom stereocenters. The number of unbranched alkanes of at least 4 members (excludes halogenated alkanes) is 1. The van der Waals surface area contributed by atoms with Crippen molar-refractivity contribution in [1.29, 1.82) is 0 Å². The van der Waals surface area contributed by atoms with Gasteiger partial charge in [0.15, 0.2) is 0 Å². The Kier molecular flexibility index (Phi) is 6.60. The van der Waals surface area contributed by atoms with Crippen LogP contribution in [-0.4, -0.2) is 17.2 Å². The zero-order chi connectivity index (χ0) is 21.0. The summed E-state index contributed by atoms with van der Waals surface area (Å²) in [4.78, 5) is 7.15. The van der Waals surface area contributed by atoms with E-state index in [9.17, 15) is 0 Å². The van der Waals surface area contributed by atoms with Crippen LogP contribution in [0, 0.1) is 6.92 Å². The van der Waals surface area contributed by atoms with Crippen molar-refractivity contribution < 1.29 is 0 Å². The van der Waals surface area contributed by atoms with Gasteiger partial charge >= 0.3 is 0 Å². The summed E-state index contributed by atoms with van der Waals surface area (Å²) in [7, 11) is 0. The number of hydrogen-bond donors (Lipinski definition) is 1. The van der Waals surface area contributed by atoms with Gasteiger partial charge in [-0.05, 0) is 38.0 Å². The van der Waals surface area contributed by atoms with Gasteiger partial charge < -0.3 is 10.2 Å². The van der Waals surface area contributed by atoms with Crippen LogP contribution in [0.5, 0.6) is 0 Å². The number of nitrogens with one attached hydrogen (secondary N) is 1. The first-order chi connectivity index (χ1) is 13.9. The molecule has 1 aliphatic rings. The Balaban J connectivity index is 1.99. The molecule has 1 aliphatic heterocycles. The summed E-state index contributed by atoms with van der Waals surface area (Å²) in [5.41, 5.74) is 6.63. The molecule has 1 N–H and O–H groups in total. The molecule has 3 nitrogen and oxygen atoms in total.